The van der Waals surface area contributed by atoms with E-state index in [9.17, 15) is 9.18 Å². The van der Waals surface area contributed by atoms with Gasteiger partial charge in [0.15, 0.2) is 0 Å². The highest BCUT2D eigenvalue weighted by Crippen LogP contribution is 2.29. The Morgan fingerprint density at radius 2 is 2.04 bits per heavy atom. The molecule has 0 radical (unpaired) electrons. The quantitative estimate of drug-likeness (QED) is 0.803. The number of nitrogens with zero attached hydrogens (tertiary/aromatic N) is 2. The zero-order valence-corrected chi connectivity index (χ0v) is 13.7. The predicted octanol–water partition coefficient (Wildman–Crippen LogP) is 1.94. The first-order valence-electron chi connectivity index (χ1n) is 8.42. The zero-order valence-electron chi connectivity index (χ0n) is 13.7. The Kier molecular flexibility index (Phi) is 5.28. The summed E-state index contributed by atoms with van der Waals surface area (Å²) in [6, 6.07) is 6.15. The van der Waals surface area contributed by atoms with Crippen molar-refractivity contribution in [2.24, 2.45) is 5.92 Å². The standard InChI is InChI=1S/C18H25FN2O2/c1-20(11-15-2-3-15)12-17-13-21(8-9-23-17)18(22)10-14-4-6-16(19)7-5-14/h4-7,15,17H,2-3,8-13H2,1H3. The fraction of sp³-hybridized carbons (Fsp3) is 0.611. The van der Waals surface area contributed by atoms with Crippen molar-refractivity contribution in [3.63, 3.8) is 0 Å². The number of carbonyl (C=O) groups excluding carboxylic acids is 1. The van der Waals surface area contributed by atoms with Crippen molar-refractivity contribution in [1.29, 1.82) is 0 Å². The van der Waals surface area contributed by atoms with E-state index in [4.69, 9.17) is 4.74 Å². The maximum absolute atomic E-state index is 12.9. The summed E-state index contributed by atoms with van der Waals surface area (Å²) in [5.74, 6) is 0.681. The first kappa shape index (κ1) is 16.4. The van der Waals surface area contributed by atoms with Crippen LogP contribution in [-0.4, -0.2) is 61.6 Å². The Balaban J connectivity index is 1.48. The summed E-state index contributed by atoms with van der Waals surface area (Å²) in [6.07, 6.45) is 3.10. The van der Waals surface area contributed by atoms with Gasteiger partial charge in [0.25, 0.3) is 0 Å². The van der Waals surface area contributed by atoms with Crippen molar-refractivity contribution < 1.29 is 13.9 Å². The predicted molar refractivity (Wildman–Crippen MR) is 86.6 cm³/mol. The van der Waals surface area contributed by atoms with Crippen LogP contribution in [-0.2, 0) is 16.0 Å². The van der Waals surface area contributed by atoms with E-state index in [1.807, 2.05) is 4.90 Å². The van der Waals surface area contributed by atoms with Crippen molar-refractivity contribution in [2.75, 3.05) is 39.8 Å². The van der Waals surface area contributed by atoms with Crippen LogP contribution in [0.3, 0.4) is 0 Å². The molecule has 0 spiro atoms. The van der Waals surface area contributed by atoms with E-state index in [2.05, 4.69) is 11.9 Å². The third-order valence-corrected chi connectivity index (χ3v) is 4.54. The molecule has 2 fully saturated rings. The number of hydrogen-bond donors (Lipinski definition) is 0. The van der Waals surface area contributed by atoms with Gasteiger partial charge in [-0.15, -0.1) is 0 Å². The van der Waals surface area contributed by atoms with Gasteiger partial charge in [-0.2, -0.15) is 0 Å². The number of benzene rings is 1. The van der Waals surface area contributed by atoms with Crippen molar-refractivity contribution in [1.82, 2.24) is 9.80 Å². The van der Waals surface area contributed by atoms with Gasteiger partial charge in [0.1, 0.15) is 5.82 Å². The lowest BCUT2D eigenvalue weighted by Gasteiger charge is -2.35. The van der Waals surface area contributed by atoms with Crippen LogP contribution in [0.5, 0.6) is 0 Å². The second-order valence-corrected chi connectivity index (χ2v) is 6.80. The Morgan fingerprint density at radius 1 is 1.30 bits per heavy atom. The van der Waals surface area contributed by atoms with Gasteiger partial charge in [-0.25, -0.2) is 4.39 Å². The summed E-state index contributed by atoms with van der Waals surface area (Å²) in [5.41, 5.74) is 0.852. The van der Waals surface area contributed by atoms with E-state index in [-0.39, 0.29) is 17.8 Å². The van der Waals surface area contributed by atoms with Crippen molar-refractivity contribution >= 4 is 5.91 Å². The molecule has 5 heteroatoms. The first-order valence-corrected chi connectivity index (χ1v) is 8.42. The number of likely N-dealkylation sites (N-methyl/N-ethyl adjacent to an activating group) is 1. The lowest BCUT2D eigenvalue weighted by molar-refractivity contribution is -0.138. The van der Waals surface area contributed by atoms with E-state index in [1.165, 1.54) is 25.0 Å². The molecular formula is C18H25FN2O2. The van der Waals surface area contributed by atoms with Gasteiger partial charge >= 0.3 is 0 Å². The van der Waals surface area contributed by atoms with Gasteiger partial charge in [0, 0.05) is 26.2 Å². The minimum Gasteiger partial charge on any atom is -0.373 e. The smallest absolute Gasteiger partial charge is 0.227 e. The molecule has 1 aliphatic carbocycles. The lowest BCUT2D eigenvalue weighted by Crippen LogP contribution is -2.49. The van der Waals surface area contributed by atoms with Crippen LogP contribution in [0, 0.1) is 11.7 Å². The van der Waals surface area contributed by atoms with Gasteiger partial charge in [0.2, 0.25) is 5.91 Å². The number of ether oxygens (including phenoxy) is 1. The van der Waals surface area contributed by atoms with Crippen LogP contribution >= 0.6 is 0 Å². The Morgan fingerprint density at radius 3 is 2.74 bits per heavy atom. The fourth-order valence-corrected chi connectivity index (χ4v) is 3.11. The molecule has 0 aromatic heterocycles. The molecule has 1 saturated heterocycles. The molecule has 4 nitrogen and oxygen atoms in total. The topological polar surface area (TPSA) is 32.8 Å². The van der Waals surface area contributed by atoms with Crippen LogP contribution in [0.2, 0.25) is 0 Å². The number of morpholine rings is 1. The SMILES string of the molecule is CN(CC1CC1)CC1CN(C(=O)Cc2ccc(F)cc2)CCO1. The summed E-state index contributed by atoms with van der Waals surface area (Å²) < 4.78 is 18.7. The van der Waals surface area contributed by atoms with E-state index in [0.717, 1.165) is 24.6 Å². The van der Waals surface area contributed by atoms with E-state index in [0.29, 0.717) is 26.1 Å². The number of carbonyl (C=O) groups is 1. The highest BCUT2D eigenvalue weighted by molar-refractivity contribution is 5.78. The third-order valence-electron chi connectivity index (χ3n) is 4.54. The van der Waals surface area contributed by atoms with Gasteiger partial charge < -0.3 is 14.5 Å². The van der Waals surface area contributed by atoms with Gasteiger partial charge in [-0.1, -0.05) is 12.1 Å². The normalized spacial score (nSPS) is 21.7. The Bertz CT molecular complexity index is 530. The summed E-state index contributed by atoms with van der Waals surface area (Å²) in [6.45, 7) is 3.88. The highest BCUT2D eigenvalue weighted by Gasteiger charge is 2.27. The lowest BCUT2D eigenvalue weighted by atomic mass is 10.1. The number of halogens is 1. The molecule has 1 amide bonds. The van der Waals surface area contributed by atoms with Crippen molar-refractivity contribution in [3.05, 3.63) is 35.6 Å². The Labute approximate surface area is 137 Å². The van der Waals surface area contributed by atoms with Crippen LogP contribution in [0.15, 0.2) is 24.3 Å². The second kappa shape index (κ2) is 7.41. The molecule has 126 valence electrons. The summed E-state index contributed by atoms with van der Waals surface area (Å²) >= 11 is 0. The molecule has 1 aromatic carbocycles. The van der Waals surface area contributed by atoms with E-state index in [1.54, 1.807) is 12.1 Å². The molecule has 1 unspecified atom stereocenters. The van der Waals surface area contributed by atoms with Crippen LogP contribution in [0.1, 0.15) is 18.4 Å². The monoisotopic (exact) mass is 320 g/mol. The van der Waals surface area contributed by atoms with Crippen LogP contribution in [0.25, 0.3) is 0 Å². The van der Waals surface area contributed by atoms with Crippen LogP contribution in [0.4, 0.5) is 4.39 Å². The maximum atomic E-state index is 12.9. The summed E-state index contributed by atoms with van der Waals surface area (Å²) in [5, 5.41) is 0. The van der Waals surface area contributed by atoms with Crippen molar-refractivity contribution in [2.45, 2.75) is 25.4 Å². The fourth-order valence-electron chi connectivity index (χ4n) is 3.11. The van der Waals surface area contributed by atoms with E-state index >= 15 is 0 Å². The molecule has 23 heavy (non-hydrogen) atoms. The first-order chi connectivity index (χ1) is 11.1. The number of rotatable bonds is 6. The molecule has 3 rings (SSSR count). The van der Waals surface area contributed by atoms with Gasteiger partial charge in [0.05, 0.1) is 19.1 Å². The highest BCUT2D eigenvalue weighted by atomic mass is 19.1. The molecule has 1 aliphatic heterocycles. The zero-order chi connectivity index (χ0) is 16.2. The molecular weight excluding hydrogens is 295 g/mol. The largest absolute Gasteiger partial charge is 0.373 e. The Hall–Kier alpha value is -1.46. The molecule has 0 bridgehead atoms. The van der Waals surface area contributed by atoms with Gasteiger partial charge in [-0.3, -0.25) is 4.79 Å². The average molecular weight is 320 g/mol. The minimum atomic E-state index is -0.272. The summed E-state index contributed by atoms with van der Waals surface area (Å²) in [4.78, 5) is 16.6. The van der Waals surface area contributed by atoms with Crippen molar-refractivity contribution in [3.8, 4) is 0 Å². The molecule has 1 aromatic rings. The molecule has 1 heterocycles. The number of amides is 1. The molecule has 2 aliphatic rings. The minimum absolute atomic E-state index is 0.0877. The second-order valence-electron chi connectivity index (χ2n) is 6.80. The van der Waals surface area contributed by atoms with Crippen LogP contribution < -0.4 is 0 Å². The van der Waals surface area contributed by atoms with Gasteiger partial charge in [-0.05, 0) is 43.5 Å². The summed E-state index contributed by atoms with van der Waals surface area (Å²) in [7, 11) is 2.13. The molecule has 0 N–H and O–H groups in total. The average Bonchev–Trinajstić information content (AvgIpc) is 3.33. The number of hydrogen-bond acceptors (Lipinski definition) is 3. The third kappa shape index (κ3) is 5.01. The van der Waals surface area contributed by atoms with E-state index < -0.39 is 0 Å². The molecule has 1 atom stereocenters. The maximum Gasteiger partial charge on any atom is 0.227 e. The molecule has 1 saturated carbocycles.